The molecule has 0 amide bonds. The molecule has 5 rings (SSSR count). The van der Waals surface area contributed by atoms with Gasteiger partial charge in [-0.05, 0) is 130 Å². The van der Waals surface area contributed by atoms with Crippen LogP contribution in [0.1, 0.15) is 121 Å². The van der Waals surface area contributed by atoms with Crippen molar-refractivity contribution in [2.24, 2.45) is 0 Å². The topological polar surface area (TPSA) is 60.1 Å². The van der Waals surface area contributed by atoms with Gasteiger partial charge in [0.05, 0.1) is 0 Å². The van der Waals surface area contributed by atoms with E-state index in [1.165, 1.54) is 109 Å². The number of unbranched alkanes of at least 4 members (excludes halogenated alkanes) is 5. The lowest BCUT2D eigenvalue weighted by molar-refractivity contribution is 0.833. The maximum atomic E-state index is 5.75. The Morgan fingerprint density at radius 1 is 0.426 bits per heavy atom. The van der Waals surface area contributed by atoms with Gasteiger partial charge in [-0.25, -0.2) is 0 Å². The first kappa shape index (κ1) is 54.1. The van der Waals surface area contributed by atoms with Crippen LogP contribution < -0.4 is 26.6 Å². The molecule has 0 saturated heterocycles. The standard InChI is InChI=1S/C12H17N.3C11H17N.C10H14ClN/c1-3-5-10-13-12-9-7-6-8-11(12)4-2;1-3-4-9-12-11-7-5-10(2)6-8-11;1-3-4-9-12-11-8-6-5-7-10(11)2;1-3-4-8-12-11-7-5-6-10(2)9-11;1-2-3-8-12-10-6-4-9(11)5-7-10/h4,6-9,13H,2-3,5,10H2,1H3;2*5-8,12H,3-4,9H2,1-2H3;5-7,9,12H,3-4,8H2,1-2H3;4-7,12H,2-3,8H2,1H3. The summed E-state index contributed by atoms with van der Waals surface area (Å²) in [5, 5.41) is 17.7. The second-order valence-corrected chi connectivity index (χ2v) is 15.7. The molecule has 6 heteroatoms. The molecule has 0 aliphatic carbocycles. The van der Waals surface area contributed by atoms with Gasteiger partial charge in [-0.15, -0.1) is 0 Å². The van der Waals surface area contributed by atoms with E-state index in [1.54, 1.807) is 0 Å². The van der Waals surface area contributed by atoms with E-state index in [0.717, 1.165) is 43.4 Å². The Hall–Kier alpha value is -4.87. The Labute approximate surface area is 378 Å². The first-order valence-electron chi connectivity index (χ1n) is 23.1. The zero-order chi connectivity index (χ0) is 44.8. The SMILES string of the molecule is C=Cc1ccccc1NCCCC.CCCCNc1ccc(C)cc1.CCCCNc1ccc(Cl)cc1.CCCCNc1cccc(C)c1.CCCCNc1ccccc1C. The molecule has 0 saturated carbocycles. The van der Waals surface area contributed by atoms with Crippen molar-refractivity contribution in [1.82, 2.24) is 0 Å². The number of halogens is 1. The fourth-order valence-electron chi connectivity index (χ4n) is 5.63. The first-order chi connectivity index (χ1) is 29.7. The van der Waals surface area contributed by atoms with Gasteiger partial charge < -0.3 is 26.6 Å². The molecule has 0 unspecified atom stereocenters. The summed E-state index contributed by atoms with van der Waals surface area (Å²) in [6, 6.07) is 41.4. The molecule has 0 aromatic heterocycles. The largest absolute Gasteiger partial charge is 0.385 e. The molecule has 0 atom stereocenters. The molecule has 0 aliphatic heterocycles. The van der Waals surface area contributed by atoms with Gasteiger partial charge >= 0.3 is 0 Å². The van der Waals surface area contributed by atoms with Crippen LogP contribution in [0.4, 0.5) is 28.4 Å². The molecular weight excluding hydrogens is 766 g/mol. The molecular formula is C55H82ClN5. The predicted octanol–water partition coefficient (Wildman–Crippen LogP) is 16.7. The molecule has 0 bridgehead atoms. The third-order valence-electron chi connectivity index (χ3n) is 9.51. The number of nitrogens with one attached hydrogen (secondary N) is 5. The smallest absolute Gasteiger partial charge is 0.0413 e. The Kier molecular flexibility index (Phi) is 32.8. The van der Waals surface area contributed by atoms with Gasteiger partial charge in [0.1, 0.15) is 0 Å². The lowest BCUT2D eigenvalue weighted by Gasteiger charge is -2.08. The summed E-state index contributed by atoms with van der Waals surface area (Å²) in [6.07, 6.45) is 14.2. The maximum absolute atomic E-state index is 5.75. The fraction of sp³-hybridized carbons (Fsp3) is 0.418. The van der Waals surface area contributed by atoms with Crippen LogP contribution in [0.15, 0.2) is 128 Å². The molecule has 0 heterocycles. The van der Waals surface area contributed by atoms with Crippen LogP contribution in [0.3, 0.4) is 0 Å². The van der Waals surface area contributed by atoms with E-state index in [1.807, 2.05) is 42.5 Å². The van der Waals surface area contributed by atoms with Crippen LogP contribution in [0.5, 0.6) is 0 Å². The lowest BCUT2D eigenvalue weighted by Crippen LogP contribution is -2.01. The highest BCUT2D eigenvalue weighted by Crippen LogP contribution is 2.17. The Morgan fingerprint density at radius 3 is 1.33 bits per heavy atom. The van der Waals surface area contributed by atoms with Crippen molar-refractivity contribution in [3.8, 4) is 0 Å². The van der Waals surface area contributed by atoms with E-state index in [-0.39, 0.29) is 0 Å². The van der Waals surface area contributed by atoms with Crippen LogP contribution >= 0.6 is 11.6 Å². The van der Waals surface area contributed by atoms with E-state index in [4.69, 9.17) is 11.6 Å². The average Bonchev–Trinajstić information content (AvgIpc) is 3.27. The van der Waals surface area contributed by atoms with E-state index >= 15 is 0 Å². The zero-order valence-electron chi connectivity index (χ0n) is 39.3. The highest BCUT2D eigenvalue weighted by atomic mass is 35.5. The predicted molar refractivity (Wildman–Crippen MR) is 279 cm³/mol. The van der Waals surface area contributed by atoms with Crippen molar-refractivity contribution in [3.05, 3.63) is 155 Å². The third kappa shape index (κ3) is 28.3. The highest BCUT2D eigenvalue weighted by molar-refractivity contribution is 6.30. The maximum Gasteiger partial charge on any atom is 0.0413 e. The van der Waals surface area contributed by atoms with E-state index in [2.05, 4.69) is 173 Å². The number of para-hydroxylation sites is 2. The Bertz CT molecular complexity index is 1720. The number of hydrogen-bond donors (Lipinski definition) is 5. The van der Waals surface area contributed by atoms with E-state index in [0.29, 0.717) is 0 Å². The summed E-state index contributed by atoms with van der Waals surface area (Å²) in [7, 11) is 0. The molecule has 0 aliphatic rings. The Morgan fingerprint density at radius 2 is 0.852 bits per heavy atom. The van der Waals surface area contributed by atoms with Gasteiger partial charge in [-0.2, -0.15) is 0 Å². The van der Waals surface area contributed by atoms with Crippen LogP contribution in [-0.4, -0.2) is 32.7 Å². The van der Waals surface area contributed by atoms with Gasteiger partial charge in [0.25, 0.3) is 0 Å². The van der Waals surface area contributed by atoms with Crippen molar-refractivity contribution in [2.75, 3.05) is 59.3 Å². The van der Waals surface area contributed by atoms with Gasteiger partial charge in [0.2, 0.25) is 0 Å². The zero-order valence-corrected chi connectivity index (χ0v) is 40.1. The lowest BCUT2D eigenvalue weighted by atomic mass is 10.1. The van der Waals surface area contributed by atoms with E-state index in [9.17, 15) is 0 Å². The molecule has 0 fully saturated rings. The molecule has 5 nitrogen and oxygen atoms in total. The second kappa shape index (κ2) is 36.9. The van der Waals surface area contributed by atoms with Crippen LogP contribution in [0.25, 0.3) is 6.08 Å². The Balaban J connectivity index is 0.000000381. The molecule has 61 heavy (non-hydrogen) atoms. The van der Waals surface area contributed by atoms with Gasteiger partial charge in [-0.1, -0.05) is 157 Å². The normalized spacial score (nSPS) is 9.79. The van der Waals surface area contributed by atoms with E-state index < -0.39 is 0 Å². The second-order valence-electron chi connectivity index (χ2n) is 15.3. The highest BCUT2D eigenvalue weighted by Gasteiger charge is 1.96. The minimum Gasteiger partial charge on any atom is -0.385 e. The van der Waals surface area contributed by atoms with Crippen molar-refractivity contribution in [1.29, 1.82) is 0 Å². The van der Waals surface area contributed by atoms with Crippen LogP contribution in [0.2, 0.25) is 5.02 Å². The molecule has 5 aromatic rings. The van der Waals surface area contributed by atoms with Crippen molar-refractivity contribution in [3.63, 3.8) is 0 Å². The summed E-state index contributed by atoms with van der Waals surface area (Å²) < 4.78 is 0. The monoisotopic (exact) mass is 848 g/mol. The third-order valence-corrected chi connectivity index (χ3v) is 9.76. The summed E-state index contributed by atoms with van der Waals surface area (Å²) in [5.74, 6) is 0. The number of rotatable bonds is 21. The van der Waals surface area contributed by atoms with Crippen molar-refractivity contribution >= 4 is 46.1 Å². The quantitative estimate of drug-likeness (QED) is 0.0476. The van der Waals surface area contributed by atoms with Gasteiger partial charge in [0.15, 0.2) is 0 Å². The fourth-order valence-corrected chi connectivity index (χ4v) is 5.76. The molecule has 5 N–H and O–H groups in total. The van der Waals surface area contributed by atoms with Crippen LogP contribution in [-0.2, 0) is 0 Å². The molecule has 334 valence electrons. The summed E-state index contributed by atoms with van der Waals surface area (Å²) in [4.78, 5) is 0. The molecule has 5 aromatic carbocycles. The summed E-state index contributed by atoms with van der Waals surface area (Å²) >= 11 is 5.75. The number of anilines is 5. The minimum atomic E-state index is 0.788. The average molecular weight is 849 g/mol. The number of aryl methyl sites for hydroxylation is 3. The van der Waals surface area contributed by atoms with Crippen LogP contribution in [0, 0.1) is 20.8 Å². The molecule has 0 spiro atoms. The summed E-state index contributed by atoms with van der Waals surface area (Å²) in [6.45, 7) is 26.5. The number of benzene rings is 5. The first-order valence-corrected chi connectivity index (χ1v) is 23.4. The van der Waals surface area contributed by atoms with Gasteiger partial charge in [-0.3, -0.25) is 0 Å². The number of hydrogen-bond acceptors (Lipinski definition) is 5. The van der Waals surface area contributed by atoms with Crippen molar-refractivity contribution in [2.45, 2.75) is 120 Å². The van der Waals surface area contributed by atoms with Gasteiger partial charge in [0, 0.05) is 66.2 Å². The minimum absolute atomic E-state index is 0.788. The van der Waals surface area contributed by atoms with Crippen molar-refractivity contribution < 1.29 is 0 Å². The molecule has 0 radical (unpaired) electrons. The summed E-state index contributed by atoms with van der Waals surface area (Å²) in [5.41, 5.74) is 11.2.